The van der Waals surface area contributed by atoms with Gasteiger partial charge in [0.25, 0.3) is 0 Å². The Kier molecular flexibility index (Phi) is 6.43. The van der Waals surface area contributed by atoms with Gasteiger partial charge in [-0.05, 0) is 30.5 Å². The molecule has 1 aromatic carbocycles. The lowest BCUT2D eigenvalue weighted by atomic mass is 10.1. The molecule has 6 atom stereocenters. The second-order valence-corrected chi connectivity index (χ2v) is 9.78. The second kappa shape index (κ2) is 9.32. The second-order valence-electron chi connectivity index (χ2n) is 8.28. The van der Waals surface area contributed by atoms with E-state index in [1.165, 1.54) is 22.0 Å². The van der Waals surface area contributed by atoms with E-state index in [0.717, 1.165) is 18.6 Å². The number of aliphatic hydroxyl groups is 3. The van der Waals surface area contributed by atoms with Gasteiger partial charge in [0.2, 0.25) is 0 Å². The summed E-state index contributed by atoms with van der Waals surface area (Å²) in [5, 5.41) is 43.2. The van der Waals surface area contributed by atoms with Crippen LogP contribution in [0, 0.1) is 0 Å². The molecule has 0 bridgehead atoms. The van der Waals surface area contributed by atoms with Crippen LogP contribution in [0.25, 0.3) is 11.2 Å². The maximum Gasteiger partial charge on any atom is 0.191 e. The number of aliphatic hydroxyl groups excluding tert-OH is 3. The van der Waals surface area contributed by atoms with Crippen LogP contribution in [0.1, 0.15) is 37.5 Å². The molecule has 2 aliphatic rings. The van der Waals surface area contributed by atoms with E-state index in [1.807, 2.05) is 24.3 Å². The van der Waals surface area contributed by atoms with E-state index >= 15 is 0 Å². The van der Waals surface area contributed by atoms with Crippen LogP contribution >= 0.6 is 23.4 Å². The van der Waals surface area contributed by atoms with Crippen molar-refractivity contribution in [3.8, 4) is 0 Å². The van der Waals surface area contributed by atoms with Crippen molar-refractivity contribution in [1.29, 1.82) is 0 Å². The molecular weight excluding hydrogens is 468 g/mol. The highest BCUT2D eigenvalue weighted by molar-refractivity contribution is 7.99. The largest absolute Gasteiger partial charge is 0.394 e. The number of rotatable bonds is 8. The third-order valence-electron chi connectivity index (χ3n) is 5.91. The van der Waals surface area contributed by atoms with Crippen molar-refractivity contribution in [2.75, 3.05) is 17.7 Å². The van der Waals surface area contributed by atoms with Gasteiger partial charge in [-0.1, -0.05) is 47.6 Å². The van der Waals surface area contributed by atoms with Gasteiger partial charge in [-0.25, -0.2) is 9.97 Å². The predicted octanol–water partition coefficient (Wildman–Crippen LogP) is 1.96. The zero-order chi connectivity index (χ0) is 23.1. The fourth-order valence-corrected chi connectivity index (χ4v) is 4.85. The molecule has 176 valence electrons. The highest BCUT2D eigenvalue weighted by atomic mass is 35.5. The van der Waals surface area contributed by atoms with Gasteiger partial charge in [0.1, 0.15) is 18.3 Å². The van der Waals surface area contributed by atoms with E-state index in [2.05, 4.69) is 32.5 Å². The fourth-order valence-electron chi connectivity index (χ4n) is 4.03. The van der Waals surface area contributed by atoms with Crippen LogP contribution < -0.4 is 5.32 Å². The molecule has 1 aliphatic carbocycles. The number of aromatic nitrogens is 5. The Balaban J connectivity index is 1.45. The Morgan fingerprint density at radius 1 is 1.21 bits per heavy atom. The van der Waals surface area contributed by atoms with Gasteiger partial charge in [0.05, 0.1) is 6.61 Å². The summed E-state index contributed by atoms with van der Waals surface area (Å²) in [5.41, 5.74) is 2.05. The summed E-state index contributed by atoms with van der Waals surface area (Å²) in [4.78, 5) is 9.28. The smallest absolute Gasteiger partial charge is 0.191 e. The molecule has 0 unspecified atom stereocenters. The number of hydrogen-bond donors (Lipinski definition) is 4. The van der Waals surface area contributed by atoms with Crippen molar-refractivity contribution >= 4 is 40.3 Å². The lowest BCUT2D eigenvalue weighted by Crippen LogP contribution is -2.33. The Bertz CT molecular complexity index is 1130. The number of nitrogens with one attached hydrogen (secondary N) is 1. The number of nitrogens with zero attached hydrogens (tertiary/aromatic N) is 5. The number of hydrogen-bond acceptors (Lipinski definition) is 10. The van der Waals surface area contributed by atoms with Gasteiger partial charge in [-0.2, -0.15) is 4.68 Å². The number of thioether (sulfide) groups is 1. The molecule has 4 N–H and O–H groups in total. The van der Waals surface area contributed by atoms with Gasteiger partial charge in [0, 0.05) is 22.7 Å². The van der Waals surface area contributed by atoms with Crippen molar-refractivity contribution in [2.45, 2.75) is 61.4 Å². The number of halogens is 1. The first-order valence-electron chi connectivity index (χ1n) is 10.9. The molecule has 0 spiro atoms. The molecule has 2 aromatic heterocycles. The zero-order valence-corrected chi connectivity index (χ0v) is 19.4. The van der Waals surface area contributed by atoms with Crippen LogP contribution in [-0.2, 0) is 4.74 Å². The monoisotopic (exact) mass is 492 g/mol. The summed E-state index contributed by atoms with van der Waals surface area (Å²) in [6.07, 6.45) is -2.53. The summed E-state index contributed by atoms with van der Waals surface area (Å²) >= 11 is 7.53. The molecule has 33 heavy (non-hydrogen) atoms. The lowest BCUT2D eigenvalue weighted by molar-refractivity contribution is -0.0575. The van der Waals surface area contributed by atoms with Crippen molar-refractivity contribution < 1.29 is 20.1 Å². The van der Waals surface area contributed by atoms with E-state index < -0.39 is 31.1 Å². The van der Waals surface area contributed by atoms with Gasteiger partial charge in [-0.3, -0.25) is 0 Å². The van der Waals surface area contributed by atoms with Gasteiger partial charge in [-0.15, -0.1) is 5.10 Å². The summed E-state index contributed by atoms with van der Waals surface area (Å²) in [7, 11) is 0. The summed E-state index contributed by atoms with van der Waals surface area (Å²) < 4.78 is 6.99. The molecule has 2 fully saturated rings. The molecule has 1 saturated carbocycles. The molecule has 3 aromatic rings. The first-order chi connectivity index (χ1) is 16.0. The van der Waals surface area contributed by atoms with E-state index in [0.29, 0.717) is 33.1 Å². The molecule has 12 heteroatoms. The first kappa shape index (κ1) is 22.8. The van der Waals surface area contributed by atoms with Crippen LogP contribution in [0.5, 0.6) is 0 Å². The van der Waals surface area contributed by atoms with Crippen LogP contribution in [0.3, 0.4) is 0 Å². The molecule has 1 aliphatic heterocycles. The third kappa shape index (κ3) is 4.41. The summed E-state index contributed by atoms with van der Waals surface area (Å²) in [6.45, 7) is 1.66. The molecule has 0 radical (unpaired) electrons. The van der Waals surface area contributed by atoms with Crippen LogP contribution in [0.15, 0.2) is 29.4 Å². The van der Waals surface area contributed by atoms with E-state index in [-0.39, 0.29) is 6.04 Å². The van der Waals surface area contributed by atoms with Crippen molar-refractivity contribution in [3.05, 3.63) is 34.9 Å². The minimum Gasteiger partial charge on any atom is -0.394 e. The molecule has 3 heterocycles. The molecule has 10 nitrogen and oxygen atoms in total. The van der Waals surface area contributed by atoms with Crippen molar-refractivity contribution in [2.24, 2.45) is 0 Å². The lowest BCUT2D eigenvalue weighted by Gasteiger charge is -2.15. The minimum absolute atomic E-state index is 0.187. The molecular formula is C21H25ClN6O4S. The SMILES string of the molecule is CCCSc1nc(N[C@@H]2C[C@H]2c2ccc(Cl)cc2)c2nnn([C@@H]3O[C@H](CO)[C@@H](O)[C@H]3O)c2n1. The van der Waals surface area contributed by atoms with Gasteiger partial charge < -0.3 is 25.4 Å². The maximum absolute atomic E-state index is 10.5. The van der Waals surface area contributed by atoms with Crippen LogP contribution in [-0.4, -0.2) is 77.0 Å². The van der Waals surface area contributed by atoms with Gasteiger partial charge >= 0.3 is 0 Å². The van der Waals surface area contributed by atoms with Crippen molar-refractivity contribution in [3.63, 3.8) is 0 Å². The Morgan fingerprint density at radius 3 is 2.70 bits per heavy atom. The molecule has 1 saturated heterocycles. The fraction of sp³-hybridized carbons (Fsp3) is 0.524. The number of ether oxygens (including phenoxy) is 1. The predicted molar refractivity (Wildman–Crippen MR) is 123 cm³/mol. The highest BCUT2D eigenvalue weighted by Gasteiger charge is 2.45. The average molecular weight is 493 g/mol. The van der Waals surface area contributed by atoms with Crippen LogP contribution in [0.4, 0.5) is 5.82 Å². The van der Waals surface area contributed by atoms with Crippen LogP contribution in [0.2, 0.25) is 5.02 Å². The van der Waals surface area contributed by atoms with E-state index in [4.69, 9.17) is 16.3 Å². The standard InChI is InChI=1S/C21H25ClN6O4S/c1-2-7-33-21-24-18(23-13-8-12(13)10-3-5-11(22)6-4-10)15-19(25-21)28(27-26-15)20-17(31)16(30)14(9-29)32-20/h3-6,12-14,16-17,20,29-31H,2,7-9H2,1H3,(H,23,24,25)/t12-,13+,14+,16+,17+,20+/m0/s1. The highest BCUT2D eigenvalue weighted by Crippen LogP contribution is 2.43. The zero-order valence-electron chi connectivity index (χ0n) is 17.9. The topological polar surface area (TPSA) is 138 Å². The van der Waals surface area contributed by atoms with Crippen molar-refractivity contribution in [1.82, 2.24) is 25.0 Å². The Labute approximate surface area is 199 Å². The third-order valence-corrected chi connectivity index (χ3v) is 7.21. The Morgan fingerprint density at radius 2 is 2.00 bits per heavy atom. The molecule has 0 amide bonds. The van der Waals surface area contributed by atoms with E-state index in [1.54, 1.807) is 0 Å². The number of benzene rings is 1. The normalized spacial score (nSPS) is 29.0. The summed E-state index contributed by atoms with van der Waals surface area (Å²) in [5.74, 6) is 1.75. The quantitative estimate of drug-likeness (QED) is 0.272. The minimum atomic E-state index is -1.28. The molecule has 5 rings (SSSR count). The average Bonchev–Trinajstić information content (AvgIpc) is 3.35. The first-order valence-corrected chi connectivity index (χ1v) is 12.3. The number of fused-ring (bicyclic) bond motifs is 1. The number of anilines is 1. The van der Waals surface area contributed by atoms with E-state index in [9.17, 15) is 15.3 Å². The summed E-state index contributed by atoms with van der Waals surface area (Å²) in [6, 6.07) is 8.03. The Hall–Kier alpha value is -2.02. The maximum atomic E-state index is 10.5. The van der Waals surface area contributed by atoms with Gasteiger partial charge in [0.15, 0.2) is 28.4 Å².